The zero-order valence-corrected chi connectivity index (χ0v) is 24.0. The molecule has 0 aromatic heterocycles. The van der Waals surface area contributed by atoms with Gasteiger partial charge in [0.1, 0.15) is 29.6 Å². The summed E-state index contributed by atoms with van der Waals surface area (Å²) in [5.41, 5.74) is 1.01. The monoisotopic (exact) mass is 652 g/mol. The van der Waals surface area contributed by atoms with E-state index in [4.69, 9.17) is 9.84 Å². The third-order valence-electron chi connectivity index (χ3n) is 6.48. The second-order valence-corrected chi connectivity index (χ2v) is 10.6. The van der Waals surface area contributed by atoms with Crippen molar-refractivity contribution in [3.63, 3.8) is 0 Å². The number of hydrogen-bond acceptors (Lipinski definition) is 6. The molecule has 210 valence electrons. The van der Waals surface area contributed by atoms with Crippen molar-refractivity contribution in [1.29, 1.82) is 0 Å². The lowest BCUT2D eigenvalue weighted by Crippen LogP contribution is -2.55. The Hall–Kier alpha value is -2.83. The van der Waals surface area contributed by atoms with Gasteiger partial charge in [0.2, 0.25) is 11.8 Å². The minimum atomic E-state index is -1.17. The molecule has 0 aliphatic heterocycles. The van der Waals surface area contributed by atoms with Crippen LogP contribution in [0.4, 0.5) is 4.39 Å². The van der Waals surface area contributed by atoms with Crippen LogP contribution < -0.4 is 10.1 Å². The molecular formula is C29H34FIN2O6. The number of hydrogen-bond donors (Lipinski definition) is 3. The van der Waals surface area contributed by atoms with Crippen molar-refractivity contribution in [3.05, 3.63) is 75.1 Å². The number of ketones is 1. The van der Waals surface area contributed by atoms with E-state index in [2.05, 4.69) is 27.9 Å². The molecule has 0 radical (unpaired) electrons. The number of para-hydroxylation sites is 1. The first kappa shape index (κ1) is 30.7. The molecule has 0 bridgehead atoms. The van der Waals surface area contributed by atoms with E-state index in [1.807, 2.05) is 12.1 Å². The van der Waals surface area contributed by atoms with Gasteiger partial charge in [0.25, 0.3) is 0 Å². The van der Waals surface area contributed by atoms with Crippen LogP contribution in [0.1, 0.15) is 38.2 Å². The Balaban J connectivity index is 1.92. The maximum atomic E-state index is 13.8. The van der Waals surface area contributed by atoms with E-state index in [9.17, 15) is 23.9 Å². The smallest absolute Gasteiger partial charge is 0.247 e. The lowest BCUT2D eigenvalue weighted by Gasteiger charge is -2.40. The van der Waals surface area contributed by atoms with Gasteiger partial charge >= 0.3 is 0 Å². The van der Waals surface area contributed by atoms with Crippen LogP contribution in [0.25, 0.3) is 0 Å². The zero-order valence-electron chi connectivity index (χ0n) is 21.8. The Morgan fingerprint density at radius 1 is 1.15 bits per heavy atom. The Bertz CT molecular complexity index is 1190. The van der Waals surface area contributed by atoms with Crippen LogP contribution in [0.3, 0.4) is 0 Å². The van der Waals surface area contributed by atoms with E-state index >= 15 is 0 Å². The van der Waals surface area contributed by atoms with Crippen molar-refractivity contribution in [1.82, 2.24) is 10.2 Å². The molecule has 2 aromatic carbocycles. The predicted molar refractivity (Wildman–Crippen MR) is 153 cm³/mol. The lowest BCUT2D eigenvalue weighted by molar-refractivity contribution is -0.138. The summed E-state index contributed by atoms with van der Waals surface area (Å²) in [6.07, 6.45) is 0.545. The van der Waals surface area contributed by atoms with E-state index in [1.54, 1.807) is 30.3 Å². The van der Waals surface area contributed by atoms with E-state index in [-0.39, 0.29) is 56.5 Å². The van der Waals surface area contributed by atoms with Gasteiger partial charge in [0.05, 0.1) is 16.2 Å². The number of Topliss-reactive ketones (excluding diaryl/α,β-unsaturated/α-hetero) is 1. The minimum Gasteiger partial charge on any atom is -0.482 e. The van der Waals surface area contributed by atoms with Crippen LogP contribution >= 0.6 is 22.6 Å². The normalized spacial score (nSPS) is 18.7. The Labute approximate surface area is 241 Å². The SMILES string of the molecule is CC(=O)CCCC(=O)N(CCc1cccc(F)c1)[C@@H]1CC(C(=O)NCCO)=C[C@H](Oc2ccccc2I)[C@H]1O. The fraction of sp³-hybridized carbons (Fsp3) is 0.414. The highest BCUT2D eigenvalue weighted by molar-refractivity contribution is 14.1. The van der Waals surface area contributed by atoms with Gasteiger partial charge < -0.3 is 30.0 Å². The van der Waals surface area contributed by atoms with Crippen molar-refractivity contribution >= 4 is 40.2 Å². The van der Waals surface area contributed by atoms with Gasteiger partial charge in [0, 0.05) is 37.9 Å². The van der Waals surface area contributed by atoms with Crippen LogP contribution in [0.5, 0.6) is 5.75 Å². The molecule has 3 atom stereocenters. The van der Waals surface area contributed by atoms with Crippen molar-refractivity contribution < 1.29 is 33.7 Å². The van der Waals surface area contributed by atoms with E-state index in [1.165, 1.54) is 24.0 Å². The second-order valence-electron chi connectivity index (χ2n) is 9.47. The topological polar surface area (TPSA) is 116 Å². The number of aliphatic hydroxyl groups is 2. The van der Waals surface area contributed by atoms with Crippen molar-refractivity contribution in [3.8, 4) is 5.75 Å². The molecule has 39 heavy (non-hydrogen) atoms. The number of aliphatic hydroxyl groups excluding tert-OH is 2. The predicted octanol–water partition coefficient (Wildman–Crippen LogP) is 3.18. The third-order valence-corrected chi connectivity index (χ3v) is 7.38. The molecule has 3 N–H and O–H groups in total. The summed E-state index contributed by atoms with van der Waals surface area (Å²) < 4.78 is 20.8. The number of halogens is 2. The molecule has 10 heteroatoms. The van der Waals surface area contributed by atoms with Gasteiger partial charge in [-0.05, 0) is 78.3 Å². The Morgan fingerprint density at radius 2 is 1.92 bits per heavy atom. The van der Waals surface area contributed by atoms with E-state index < -0.39 is 24.2 Å². The number of nitrogens with zero attached hydrogens (tertiary/aromatic N) is 1. The second kappa shape index (κ2) is 15.1. The number of carbonyl (C=O) groups excluding carboxylic acids is 3. The van der Waals surface area contributed by atoms with E-state index in [0.29, 0.717) is 29.7 Å². The molecule has 3 rings (SSSR count). The number of nitrogens with one attached hydrogen (secondary N) is 1. The Morgan fingerprint density at radius 3 is 2.62 bits per heavy atom. The number of rotatable bonds is 13. The molecular weight excluding hydrogens is 618 g/mol. The molecule has 0 spiro atoms. The van der Waals surface area contributed by atoms with Crippen LogP contribution in [-0.4, -0.2) is 70.7 Å². The van der Waals surface area contributed by atoms with Gasteiger partial charge in [-0.1, -0.05) is 24.3 Å². The first-order valence-corrected chi connectivity index (χ1v) is 14.0. The average molecular weight is 653 g/mol. The fourth-order valence-corrected chi connectivity index (χ4v) is 5.03. The summed E-state index contributed by atoms with van der Waals surface area (Å²) in [5.74, 6) is -0.591. The van der Waals surface area contributed by atoms with Gasteiger partial charge in [-0.3, -0.25) is 9.59 Å². The number of benzene rings is 2. The van der Waals surface area contributed by atoms with Crippen molar-refractivity contribution in [2.75, 3.05) is 19.7 Å². The summed E-state index contributed by atoms with van der Waals surface area (Å²) in [6, 6.07) is 12.5. The molecule has 0 fully saturated rings. The third kappa shape index (κ3) is 9.11. The fourth-order valence-electron chi connectivity index (χ4n) is 4.52. The molecule has 2 aromatic rings. The molecule has 0 unspecified atom stereocenters. The number of ether oxygens (including phenoxy) is 1. The maximum absolute atomic E-state index is 13.8. The quantitative estimate of drug-likeness (QED) is 0.287. The molecule has 0 heterocycles. The highest BCUT2D eigenvalue weighted by Crippen LogP contribution is 2.30. The van der Waals surface area contributed by atoms with Crippen LogP contribution in [0.2, 0.25) is 0 Å². The summed E-state index contributed by atoms with van der Waals surface area (Å²) >= 11 is 2.12. The highest BCUT2D eigenvalue weighted by atomic mass is 127. The molecule has 1 aliphatic rings. The van der Waals surface area contributed by atoms with Gasteiger partial charge in [0.15, 0.2) is 0 Å². The number of amides is 2. The minimum absolute atomic E-state index is 0.0245. The van der Waals surface area contributed by atoms with Crippen LogP contribution in [0.15, 0.2) is 60.2 Å². The molecule has 2 amide bonds. The van der Waals surface area contributed by atoms with Gasteiger partial charge in [-0.25, -0.2) is 4.39 Å². The van der Waals surface area contributed by atoms with E-state index in [0.717, 1.165) is 3.57 Å². The van der Waals surface area contributed by atoms with Gasteiger partial charge in [-0.2, -0.15) is 0 Å². The molecule has 0 saturated carbocycles. The standard InChI is InChI=1S/C29H34FIN2O6/c1-19(35)6-4-11-27(36)33(14-12-20-7-5-8-22(30)16-20)24-17-21(29(38)32-13-15-34)18-26(28(24)37)39-25-10-3-2-9-23(25)31/h2-3,5,7-10,16,18,24,26,28,34,37H,4,6,11-15,17H2,1H3,(H,32,38)/t24-,26+,28+/m1/s1. The van der Waals surface area contributed by atoms with Gasteiger partial charge in [-0.15, -0.1) is 0 Å². The van der Waals surface area contributed by atoms with Crippen molar-refractivity contribution in [2.45, 2.75) is 57.3 Å². The Kier molecular flexibility index (Phi) is 11.9. The lowest BCUT2D eigenvalue weighted by atomic mass is 9.87. The molecule has 1 aliphatic carbocycles. The van der Waals surface area contributed by atoms with Crippen LogP contribution in [0, 0.1) is 9.39 Å². The molecule has 8 nitrogen and oxygen atoms in total. The first-order valence-electron chi connectivity index (χ1n) is 12.9. The molecule has 0 saturated heterocycles. The summed E-state index contributed by atoms with van der Waals surface area (Å²) in [6.45, 7) is 1.46. The summed E-state index contributed by atoms with van der Waals surface area (Å²) in [5, 5.41) is 23.3. The van der Waals surface area contributed by atoms with Crippen molar-refractivity contribution in [2.24, 2.45) is 0 Å². The first-order chi connectivity index (χ1) is 18.7. The highest BCUT2D eigenvalue weighted by Gasteiger charge is 2.40. The largest absolute Gasteiger partial charge is 0.482 e. The average Bonchev–Trinajstić information content (AvgIpc) is 2.90. The maximum Gasteiger partial charge on any atom is 0.247 e. The van der Waals surface area contributed by atoms with Crippen LogP contribution in [-0.2, 0) is 20.8 Å². The summed E-state index contributed by atoms with van der Waals surface area (Å²) in [7, 11) is 0. The summed E-state index contributed by atoms with van der Waals surface area (Å²) in [4.78, 5) is 39.4. The number of carbonyl (C=O) groups is 3. The zero-order chi connectivity index (χ0) is 28.4.